The summed E-state index contributed by atoms with van der Waals surface area (Å²) in [6, 6.07) is 5.30. The molecule has 1 atom stereocenters. The van der Waals surface area contributed by atoms with Gasteiger partial charge in [-0.2, -0.15) is 5.26 Å². The Morgan fingerprint density at radius 3 is 2.91 bits per heavy atom. The number of β-amino-alcohol motifs (C(OH)–C–C–N with tert-alkyl or cyclic N) is 1. The van der Waals surface area contributed by atoms with Crippen molar-refractivity contribution in [1.82, 2.24) is 4.90 Å². The molecule has 3 N–H and O–H groups in total. The van der Waals surface area contributed by atoms with Gasteiger partial charge in [-0.25, -0.2) is 8.78 Å². The van der Waals surface area contributed by atoms with E-state index in [1.165, 1.54) is 17.4 Å². The minimum Gasteiger partial charge on any atom is -0.389 e. The lowest BCUT2D eigenvalue weighted by Crippen LogP contribution is -2.33. The van der Waals surface area contributed by atoms with Gasteiger partial charge in [0.15, 0.2) is 0 Å². The molecule has 2 heterocycles. The van der Waals surface area contributed by atoms with E-state index in [4.69, 9.17) is 11.0 Å². The SMILES string of the molecule is N#Cc1c(N)sc2c1CCN(CC(O)c1ccc(F)cc1F)C2. The average molecular weight is 335 g/mol. The Morgan fingerprint density at radius 2 is 2.22 bits per heavy atom. The lowest BCUT2D eigenvalue weighted by Gasteiger charge is -2.28. The number of thiophene rings is 1. The lowest BCUT2D eigenvalue weighted by atomic mass is 10.0. The van der Waals surface area contributed by atoms with Gasteiger partial charge in [0.25, 0.3) is 0 Å². The Labute approximate surface area is 136 Å². The number of rotatable bonds is 3. The molecular weight excluding hydrogens is 320 g/mol. The number of aliphatic hydroxyl groups excluding tert-OH is 1. The summed E-state index contributed by atoms with van der Waals surface area (Å²) in [6.45, 7) is 1.45. The second-order valence-electron chi connectivity index (χ2n) is 5.52. The third-order valence-corrected chi connectivity index (χ3v) is 5.07. The summed E-state index contributed by atoms with van der Waals surface area (Å²) >= 11 is 1.38. The normalized spacial score (nSPS) is 15.9. The van der Waals surface area contributed by atoms with Crippen molar-refractivity contribution in [2.45, 2.75) is 19.1 Å². The molecule has 7 heteroatoms. The topological polar surface area (TPSA) is 73.3 Å². The first-order chi connectivity index (χ1) is 11.0. The average Bonchev–Trinajstić information content (AvgIpc) is 2.81. The van der Waals surface area contributed by atoms with Gasteiger partial charge >= 0.3 is 0 Å². The molecule has 23 heavy (non-hydrogen) atoms. The molecule has 0 amide bonds. The summed E-state index contributed by atoms with van der Waals surface area (Å²) in [5.41, 5.74) is 7.46. The maximum absolute atomic E-state index is 13.7. The third-order valence-electron chi connectivity index (χ3n) is 4.03. The zero-order valence-electron chi connectivity index (χ0n) is 12.2. The van der Waals surface area contributed by atoms with Crippen molar-refractivity contribution in [3.63, 3.8) is 0 Å². The smallest absolute Gasteiger partial charge is 0.131 e. The third kappa shape index (κ3) is 3.06. The predicted octanol–water partition coefficient (Wildman–Crippen LogP) is 2.57. The van der Waals surface area contributed by atoms with E-state index >= 15 is 0 Å². The Kier molecular flexibility index (Phi) is 4.31. The first-order valence-electron chi connectivity index (χ1n) is 7.15. The second-order valence-corrected chi connectivity index (χ2v) is 6.66. The number of nitrogen functional groups attached to an aromatic ring is 1. The van der Waals surface area contributed by atoms with Crippen molar-refractivity contribution in [2.75, 3.05) is 18.8 Å². The molecule has 3 rings (SSSR count). The summed E-state index contributed by atoms with van der Waals surface area (Å²) in [6.07, 6.45) is -0.366. The fraction of sp³-hybridized carbons (Fsp3) is 0.312. The molecule has 0 saturated heterocycles. The molecule has 1 aromatic carbocycles. The monoisotopic (exact) mass is 335 g/mol. The van der Waals surface area contributed by atoms with Crippen molar-refractivity contribution in [3.8, 4) is 6.07 Å². The number of nitriles is 1. The highest BCUT2D eigenvalue weighted by molar-refractivity contribution is 7.16. The number of nitrogens with zero attached hydrogens (tertiary/aromatic N) is 2. The molecule has 1 aliphatic heterocycles. The Morgan fingerprint density at radius 1 is 1.43 bits per heavy atom. The number of nitrogens with two attached hydrogens (primary N) is 1. The van der Waals surface area contributed by atoms with Crippen LogP contribution in [0.25, 0.3) is 0 Å². The molecule has 120 valence electrons. The van der Waals surface area contributed by atoms with E-state index in [1.807, 2.05) is 4.90 Å². The number of hydrogen-bond acceptors (Lipinski definition) is 5. The van der Waals surface area contributed by atoms with E-state index in [0.717, 1.165) is 22.6 Å². The molecule has 0 radical (unpaired) electrons. The number of fused-ring (bicyclic) bond motifs is 1. The van der Waals surface area contributed by atoms with Gasteiger partial charge in [0.1, 0.15) is 22.7 Å². The molecular formula is C16H15F2N3OS. The van der Waals surface area contributed by atoms with Crippen LogP contribution in [-0.4, -0.2) is 23.1 Å². The molecule has 1 aliphatic rings. The van der Waals surface area contributed by atoms with Crippen LogP contribution in [0.3, 0.4) is 0 Å². The Bertz CT molecular complexity index is 784. The van der Waals surface area contributed by atoms with Gasteiger partial charge in [-0.1, -0.05) is 6.07 Å². The van der Waals surface area contributed by atoms with E-state index in [9.17, 15) is 13.9 Å². The van der Waals surface area contributed by atoms with E-state index in [2.05, 4.69) is 6.07 Å². The molecule has 1 unspecified atom stereocenters. The van der Waals surface area contributed by atoms with Crippen LogP contribution in [0, 0.1) is 23.0 Å². The summed E-state index contributed by atoms with van der Waals surface area (Å²) < 4.78 is 26.7. The molecule has 4 nitrogen and oxygen atoms in total. The van der Waals surface area contributed by atoms with Gasteiger partial charge in [-0.05, 0) is 18.1 Å². The van der Waals surface area contributed by atoms with Crippen LogP contribution < -0.4 is 5.73 Å². The van der Waals surface area contributed by atoms with Gasteiger partial charge in [0.2, 0.25) is 0 Å². The number of halogens is 2. The van der Waals surface area contributed by atoms with Crippen LogP contribution in [0.2, 0.25) is 0 Å². The van der Waals surface area contributed by atoms with Crippen LogP contribution in [0.4, 0.5) is 13.8 Å². The highest BCUT2D eigenvalue weighted by atomic mass is 32.1. The zero-order valence-corrected chi connectivity index (χ0v) is 13.0. The summed E-state index contributed by atoms with van der Waals surface area (Å²) in [7, 11) is 0. The highest BCUT2D eigenvalue weighted by Crippen LogP contribution is 2.35. The van der Waals surface area contributed by atoms with E-state index < -0.39 is 17.7 Å². The first kappa shape index (κ1) is 15.9. The summed E-state index contributed by atoms with van der Waals surface area (Å²) in [5, 5.41) is 19.9. The predicted molar refractivity (Wildman–Crippen MR) is 83.7 cm³/mol. The van der Waals surface area contributed by atoms with Crippen molar-refractivity contribution < 1.29 is 13.9 Å². The molecule has 0 spiro atoms. The van der Waals surface area contributed by atoms with Crippen molar-refractivity contribution in [2.24, 2.45) is 0 Å². The minimum absolute atomic E-state index is 0.0839. The number of aliphatic hydroxyl groups is 1. The number of hydrogen-bond donors (Lipinski definition) is 2. The van der Waals surface area contributed by atoms with E-state index in [-0.39, 0.29) is 12.1 Å². The molecule has 0 bridgehead atoms. The van der Waals surface area contributed by atoms with Crippen molar-refractivity contribution in [1.29, 1.82) is 5.26 Å². The van der Waals surface area contributed by atoms with Gasteiger partial charge in [-0.3, -0.25) is 4.90 Å². The van der Waals surface area contributed by atoms with Crippen LogP contribution in [0.15, 0.2) is 18.2 Å². The van der Waals surface area contributed by atoms with Crippen molar-refractivity contribution >= 4 is 16.3 Å². The van der Waals surface area contributed by atoms with Gasteiger partial charge < -0.3 is 10.8 Å². The van der Waals surface area contributed by atoms with Crippen LogP contribution in [-0.2, 0) is 13.0 Å². The van der Waals surface area contributed by atoms with E-state index in [1.54, 1.807) is 0 Å². The summed E-state index contributed by atoms with van der Waals surface area (Å²) in [5.74, 6) is -1.42. The fourth-order valence-electron chi connectivity index (χ4n) is 2.87. The Balaban J connectivity index is 1.73. The van der Waals surface area contributed by atoms with Gasteiger partial charge in [-0.15, -0.1) is 11.3 Å². The first-order valence-corrected chi connectivity index (χ1v) is 7.96. The number of benzene rings is 1. The zero-order chi connectivity index (χ0) is 16.6. The van der Waals surface area contributed by atoms with Crippen LogP contribution in [0.1, 0.15) is 27.7 Å². The van der Waals surface area contributed by atoms with Gasteiger partial charge in [0, 0.05) is 36.1 Å². The van der Waals surface area contributed by atoms with E-state index in [0.29, 0.717) is 30.1 Å². The number of anilines is 1. The second kappa shape index (κ2) is 6.24. The Hall–Kier alpha value is -2.01. The van der Waals surface area contributed by atoms with Crippen LogP contribution >= 0.6 is 11.3 Å². The summed E-state index contributed by atoms with van der Waals surface area (Å²) in [4.78, 5) is 2.99. The van der Waals surface area contributed by atoms with Crippen molar-refractivity contribution in [3.05, 3.63) is 51.4 Å². The molecule has 0 saturated carbocycles. The molecule has 0 aliphatic carbocycles. The maximum atomic E-state index is 13.7. The minimum atomic E-state index is -1.04. The maximum Gasteiger partial charge on any atom is 0.131 e. The molecule has 0 fully saturated rings. The molecule has 2 aromatic rings. The van der Waals surface area contributed by atoms with Gasteiger partial charge in [0.05, 0.1) is 11.7 Å². The standard InChI is InChI=1S/C16H15F2N3OS/c17-9-1-2-11(13(18)5-9)14(22)7-21-4-3-10-12(6-19)16(20)23-15(10)8-21/h1-2,5,14,22H,3-4,7-8,20H2. The quantitative estimate of drug-likeness (QED) is 0.904. The fourth-order valence-corrected chi connectivity index (χ4v) is 3.98. The lowest BCUT2D eigenvalue weighted by molar-refractivity contribution is 0.104. The largest absolute Gasteiger partial charge is 0.389 e. The van der Waals surface area contributed by atoms with Crippen LogP contribution in [0.5, 0.6) is 0 Å². The molecule has 1 aromatic heterocycles. The highest BCUT2D eigenvalue weighted by Gasteiger charge is 2.25.